The first-order valence-electron chi connectivity index (χ1n) is 6.21. The third kappa shape index (κ3) is 2.78. The third-order valence-electron chi connectivity index (χ3n) is 3.34. The van der Waals surface area contributed by atoms with Gasteiger partial charge in [0.05, 0.1) is 5.56 Å². The first-order valence-corrected chi connectivity index (χ1v) is 6.21. The fourth-order valence-corrected chi connectivity index (χ4v) is 2.16. The maximum absolute atomic E-state index is 11.7. The molecular weight excluding hydrogens is 244 g/mol. The van der Waals surface area contributed by atoms with Crippen LogP contribution in [0, 0.1) is 0 Å². The van der Waals surface area contributed by atoms with Crippen molar-refractivity contribution in [3.05, 3.63) is 23.8 Å². The van der Waals surface area contributed by atoms with E-state index >= 15 is 0 Å². The van der Waals surface area contributed by atoms with Gasteiger partial charge in [-0.15, -0.1) is 0 Å². The van der Waals surface area contributed by atoms with Crippen molar-refractivity contribution in [3.63, 3.8) is 0 Å². The summed E-state index contributed by atoms with van der Waals surface area (Å²) in [6.07, 6.45) is 0.871. The molecule has 0 radical (unpaired) electrons. The molecular formula is C13H18N4O2. The number of nitrogens with one attached hydrogen (secondary N) is 1. The molecule has 3 N–H and O–H groups in total. The first-order chi connectivity index (χ1) is 9.15. The number of hydrogen-bond acceptors (Lipinski definition) is 4. The molecule has 0 atom stereocenters. The molecule has 0 saturated carbocycles. The fraction of sp³-hybridized carbons (Fsp3) is 0.385. The molecule has 0 aliphatic carbocycles. The minimum absolute atomic E-state index is 0.189. The fourth-order valence-electron chi connectivity index (χ4n) is 2.16. The Kier molecular flexibility index (Phi) is 3.89. The zero-order valence-corrected chi connectivity index (χ0v) is 10.9. The van der Waals surface area contributed by atoms with Gasteiger partial charge in [0, 0.05) is 44.6 Å². The van der Waals surface area contributed by atoms with Gasteiger partial charge in [-0.05, 0) is 18.2 Å². The molecule has 102 valence electrons. The molecule has 6 nitrogen and oxygen atoms in total. The summed E-state index contributed by atoms with van der Waals surface area (Å²) in [6.45, 7) is 2.91. The first kappa shape index (κ1) is 13.2. The van der Waals surface area contributed by atoms with E-state index in [4.69, 9.17) is 5.73 Å². The standard InChI is InChI=1S/C13H18N4O2/c1-15-13(19)11-8-10(2-3-12(11)14)17-6-4-16(9-18)5-7-17/h2-3,8-9H,4-7,14H2,1H3,(H,15,19). The summed E-state index contributed by atoms with van der Waals surface area (Å²) in [5.74, 6) is -0.189. The van der Waals surface area contributed by atoms with Gasteiger partial charge in [-0.1, -0.05) is 0 Å². The van der Waals surface area contributed by atoms with Crippen molar-refractivity contribution in [2.45, 2.75) is 0 Å². The lowest BCUT2D eigenvalue weighted by Crippen LogP contribution is -2.45. The van der Waals surface area contributed by atoms with Gasteiger partial charge < -0.3 is 20.9 Å². The molecule has 1 fully saturated rings. The topological polar surface area (TPSA) is 78.7 Å². The molecule has 1 aromatic rings. The average molecular weight is 262 g/mol. The van der Waals surface area contributed by atoms with E-state index in [1.165, 1.54) is 0 Å². The predicted molar refractivity (Wildman–Crippen MR) is 74.1 cm³/mol. The van der Waals surface area contributed by atoms with E-state index < -0.39 is 0 Å². The molecule has 0 unspecified atom stereocenters. The van der Waals surface area contributed by atoms with Crippen molar-refractivity contribution in [2.24, 2.45) is 0 Å². The number of anilines is 2. The molecule has 6 heteroatoms. The number of nitrogens with zero attached hydrogens (tertiary/aromatic N) is 2. The van der Waals surface area contributed by atoms with Gasteiger partial charge in [-0.2, -0.15) is 0 Å². The van der Waals surface area contributed by atoms with Gasteiger partial charge in [-0.3, -0.25) is 9.59 Å². The molecule has 1 saturated heterocycles. The summed E-state index contributed by atoms with van der Waals surface area (Å²) in [4.78, 5) is 26.3. The molecule has 1 heterocycles. The van der Waals surface area contributed by atoms with E-state index in [0.717, 1.165) is 25.2 Å². The largest absolute Gasteiger partial charge is 0.398 e. The lowest BCUT2D eigenvalue weighted by molar-refractivity contribution is -0.118. The zero-order chi connectivity index (χ0) is 13.8. The maximum Gasteiger partial charge on any atom is 0.253 e. The van der Waals surface area contributed by atoms with Crippen LogP contribution in [0.15, 0.2) is 18.2 Å². The smallest absolute Gasteiger partial charge is 0.253 e. The van der Waals surface area contributed by atoms with Crippen molar-refractivity contribution in [1.82, 2.24) is 10.2 Å². The number of amides is 2. The van der Waals surface area contributed by atoms with E-state index in [-0.39, 0.29) is 5.91 Å². The Morgan fingerprint density at radius 1 is 1.32 bits per heavy atom. The number of piperazine rings is 1. The highest BCUT2D eigenvalue weighted by Gasteiger charge is 2.17. The Bertz CT molecular complexity index is 482. The summed E-state index contributed by atoms with van der Waals surface area (Å²) < 4.78 is 0. The summed E-state index contributed by atoms with van der Waals surface area (Å²) >= 11 is 0. The van der Waals surface area contributed by atoms with Gasteiger partial charge in [0.1, 0.15) is 0 Å². The molecule has 1 aliphatic rings. The Labute approximate surface area is 112 Å². The Morgan fingerprint density at radius 2 is 2.00 bits per heavy atom. The lowest BCUT2D eigenvalue weighted by atomic mass is 10.1. The van der Waals surface area contributed by atoms with Gasteiger partial charge >= 0.3 is 0 Å². The Morgan fingerprint density at radius 3 is 2.58 bits per heavy atom. The highest BCUT2D eigenvalue weighted by atomic mass is 16.1. The molecule has 0 aromatic heterocycles. The Balaban J connectivity index is 2.17. The molecule has 1 aromatic carbocycles. The second-order valence-electron chi connectivity index (χ2n) is 4.48. The quantitative estimate of drug-likeness (QED) is 0.589. The van der Waals surface area contributed by atoms with Crippen LogP contribution in [0.4, 0.5) is 11.4 Å². The van der Waals surface area contributed by atoms with Gasteiger partial charge in [0.25, 0.3) is 5.91 Å². The van der Waals surface area contributed by atoms with Crippen molar-refractivity contribution in [2.75, 3.05) is 43.9 Å². The number of benzene rings is 1. The van der Waals surface area contributed by atoms with Crippen LogP contribution in [0.3, 0.4) is 0 Å². The van der Waals surface area contributed by atoms with Crippen molar-refractivity contribution in [3.8, 4) is 0 Å². The molecule has 2 rings (SSSR count). The lowest BCUT2D eigenvalue weighted by Gasteiger charge is -2.34. The highest BCUT2D eigenvalue weighted by molar-refractivity contribution is 6.00. The number of carbonyl (C=O) groups is 2. The number of rotatable bonds is 3. The Hall–Kier alpha value is -2.24. The van der Waals surface area contributed by atoms with Crippen LogP contribution in [0.5, 0.6) is 0 Å². The molecule has 0 spiro atoms. The third-order valence-corrected chi connectivity index (χ3v) is 3.34. The predicted octanol–water partition coefficient (Wildman–Crippen LogP) is -0.0932. The van der Waals surface area contributed by atoms with Gasteiger partial charge in [-0.25, -0.2) is 0 Å². The second kappa shape index (κ2) is 5.60. The minimum atomic E-state index is -0.189. The van der Waals surface area contributed by atoms with Gasteiger partial charge in [0.15, 0.2) is 0 Å². The van der Waals surface area contributed by atoms with Crippen molar-refractivity contribution < 1.29 is 9.59 Å². The number of nitrogens with two attached hydrogens (primary N) is 1. The summed E-state index contributed by atoms with van der Waals surface area (Å²) in [5, 5.41) is 2.58. The van der Waals surface area contributed by atoms with E-state index in [9.17, 15) is 9.59 Å². The summed E-state index contributed by atoms with van der Waals surface area (Å²) in [7, 11) is 1.58. The van der Waals surface area contributed by atoms with Crippen LogP contribution in [0.1, 0.15) is 10.4 Å². The van der Waals surface area contributed by atoms with Crippen LogP contribution in [0.25, 0.3) is 0 Å². The van der Waals surface area contributed by atoms with Crippen LogP contribution in [0.2, 0.25) is 0 Å². The monoisotopic (exact) mass is 262 g/mol. The van der Waals surface area contributed by atoms with Gasteiger partial charge in [0.2, 0.25) is 6.41 Å². The maximum atomic E-state index is 11.7. The minimum Gasteiger partial charge on any atom is -0.398 e. The number of nitrogen functional groups attached to an aromatic ring is 1. The number of carbonyl (C=O) groups excluding carboxylic acids is 2. The average Bonchev–Trinajstić information content (AvgIpc) is 2.47. The summed E-state index contributed by atoms with van der Waals surface area (Å²) in [6, 6.07) is 5.44. The SMILES string of the molecule is CNC(=O)c1cc(N2CCN(C=O)CC2)ccc1N. The van der Waals surface area contributed by atoms with Crippen molar-refractivity contribution in [1.29, 1.82) is 0 Å². The summed E-state index contributed by atoms with van der Waals surface area (Å²) in [5.41, 5.74) is 7.71. The van der Waals surface area contributed by atoms with Crippen LogP contribution >= 0.6 is 0 Å². The molecule has 19 heavy (non-hydrogen) atoms. The molecule has 1 aliphatic heterocycles. The van der Waals surface area contributed by atoms with E-state index in [2.05, 4.69) is 10.2 Å². The van der Waals surface area contributed by atoms with E-state index in [1.807, 2.05) is 6.07 Å². The zero-order valence-electron chi connectivity index (χ0n) is 10.9. The highest BCUT2D eigenvalue weighted by Crippen LogP contribution is 2.22. The normalized spacial score (nSPS) is 15.2. The van der Waals surface area contributed by atoms with Crippen LogP contribution < -0.4 is 16.0 Å². The molecule has 2 amide bonds. The van der Waals surface area contributed by atoms with E-state index in [0.29, 0.717) is 24.3 Å². The molecule has 0 bridgehead atoms. The van der Waals surface area contributed by atoms with Crippen LogP contribution in [-0.2, 0) is 4.79 Å². The van der Waals surface area contributed by atoms with Crippen molar-refractivity contribution >= 4 is 23.7 Å². The number of hydrogen-bond donors (Lipinski definition) is 2. The van der Waals surface area contributed by atoms with E-state index in [1.54, 1.807) is 24.1 Å². The second-order valence-corrected chi connectivity index (χ2v) is 4.48. The van der Waals surface area contributed by atoms with Crippen LogP contribution in [-0.4, -0.2) is 50.4 Å².